The predicted molar refractivity (Wildman–Crippen MR) is 45.1 cm³/mol. The van der Waals surface area contributed by atoms with Crippen LogP contribution in [0.5, 0.6) is 0 Å². The van der Waals surface area contributed by atoms with Crippen LogP contribution in [0.1, 0.15) is 5.56 Å². The van der Waals surface area contributed by atoms with E-state index in [0.717, 1.165) is 15.7 Å². The third-order valence-corrected chi connectivity index (χ3v) is 2.22. The molecule has 1 rings (SSSR count). The molecule has 1 nitrogen and oxygen atoms in total. The van der Waals surface area contributed by atoms with Gasteiger partial charge >= 0.3 is 0 Å². The summed E-state index contributed by atoms with van der Waals surface area (Å²) in [4.78, 5) is 3.35. The monoisotopic (exact) mass is 195 g/mol. The van der Waals surface area contributed by atoms with E-state index in [-0.39, 0.29) is 0 Å². The second-order valence-corrected chi connectivity index (χ2v) is 2.85. The first kappa shape index (κ1) is 7.30. The van der Waals surface area contributed by atoms with Gasteiger partial charge in [0.05, 0.1) is 6.57 Å². The van der Waals surface area contributed by atoms with Gasteiger partial charge in [-0.25, -0.2) is 4.85 Å². The van der Waals surface area contributed by atoms with E-state index in [9.17, 15) is 0 Å². The van der Waals surface area contributed by atoms with E-state index in [1.54, 1.807) is 0 Å². The first-order chi connectivity index (χ1) is 4.75. The Hall–Kier alpha value is -0.810. The standard InChI is InChI=1S/C8H6BrN/c1-6-7(9)4-3-5-8(6)10-2/h3-5H,1H3. The zero-order valence-corrected chi connectivity index (χ0v) is 7.14. The van der Waals surface area contributed by atoms with Crippen molar-refractivity contribution >= 4 is 21.6 Å². The van der Waals surface area contributed by atoms with Gasteiger partial charge in [0, 0.05) is 4.47 Å². The van der Waals surface area contributed by atoms with Gasteiger partial charge in [0.2, 0.25) is 0 Å². The first-order valence-electron chi connectivity index (χ1n) is 2.88. The molecule has 10 heavy (non-hydrogen) atoms. The van der Waals surface area contributed by atoms with Gasteiger partial charge in [-0.2, -0.15) is 0 Å². The normalized spacial score (nSPS) is 8.90. The number of nitrogens with zero attached hydrogens (tertiary/aromatic N) is 1. The Balaban J connectivity index is 3.31. The molecule has 50 valence electrons. The van der Waals surface area contributed by atoms with Crippen molar-refractivity contribution in [3.8, 4) is 0 Å². The smallest absolute Gasteiger partial charge is 0.191 e. The molecule has 0 aromatic heterocycles. The van der Waals surface area contributed by atoms with Crippen molar-refractivity contribution in [1.29, 1.82) is 0 Å². The van der Waals surface area contributed by atoms with Crippen molar-refractivity contribution in [2.24, 2.45) is 0 Å². The summed E-state index contributed by atoms with van der Waals surface area (Å²) in [6.07, 6.45) is 0. The molecule has 0 fully saturated rings. The summed E-state index contributed by atoms with van der Waals surface area (Å²) >= 11 is 3.34. The minimum atomic E-state index is 0.717. The summed E-state index contributed by atoms with van der Waals surface area (Å²) in [6.45, 7) is 8.71. The molecule has 0 amide bonds. The molecule has 1 aromatic rings. The van der Waals surface area contributed by atoms with Crippen LogP contribution in [0.15, 0.2) is 22.7 Å². The SMILES string of the molecule is [C-]#[N+]c1cccc(Br)c1C. The fourth-order valence-corrected chi connectivity index (χ4v) is 1.07. The molecule has 0 unspecified atom stereocenters. The molecule has 0 aliphatic rings. The molecule has 0 heterocycles. The van der Waals surface area contributed by atoms with Crippen LogP contribution in [-0.4, -0.2) is 0 Å². The minimum Gasteiger partial charge on any atom is -0.238 e. The van der Waals surface area contributed by atoms with Crippen LogP contribution in [0.4, 0.5) is 5.69 Å². The van der Waals surface area contributed by atoms with Gasteiger partial charge in [0.15, 0.2) is 5.69 Å². The molecule has 0 atom stereocenters. The van der Waals surface area contributed by atoms with Crippen molar-refractivity contribution in [2.75, 3.05) is 0 Å². The predicted octanol–water partition coefficient (Wildman–Crippen LogP) is 3.31. The molecule has 0 N–H and O–H groups in total. The van der Waals surface area contributed by atoms with Crippen molar-refractivity contribution in [3.63, 3.8) is 0 Å². The third-order valence-electron chi connectivity index (χ3n) is 1.36. The van der Waals surface area contributed by atoms with Gasteiger partial charge in [-0.15, -0.1) is 0 Å². The van der Waals surface area contributed by atoms with E-state index in [0.29, 0.717) is 0 Å². The van der Waals surface area contributed by atoms with Crippen molar-refractivity contribution in [2.45, 2.75) is 6.92 Å². The highest BCUT2D eigenvalue weighted by atomic mass is 79.9. The third kappa shape index (κ3) is 1.19. The summed E-state index contributed by atoms with van der Waals surface area (Å²) in [6, 6.07) is 5.61. The molecule has 1 aromatic carbocycles. The van der Waals surface area contributed by atoms with Gasteiger partial charge in [-0.05, 0) is 12.5 Å². The molecule has 0 saturated heterocycles. The fraction of sp³-hybridized carbons (Fsp3) is 0.125. The highest BCUT2D eigenvalue weighted by molar-refractivity contribution is 9.10. The Morgan fingerprint density at radius 1 is 1.50 bits per heavy atom. The lowest BCUT2D eigenvalue weighted by Gasteiger charge is -1.97. The van der Waals surface area contributed by atoms with E-state index < -0.39 is 0 Å². The molecule has 0 aliphatic heterocycles. The first-order valence-corrected chi connectivity index (χ1v) is 3.67. The molecule has 0 aliphatic carbocycles. The number of benzene rings is 1. The molecule has 2 heteroatoms. The molecule has 0 radical (unpaired) electrons. The number of hydrogen-bond donors (Lipinski definition) is 0. The number of rotatable bonds is 0. The van der Waals surface area contributed by atoms with Gasteiger partial charge in [-0.1, -0.05) is 34.1 Å². The van der Waals surface area contributed by atoms with Crippen molar-refractivity contribution in [1.82, 2.24) is 0 Å². The second kappa shape index (κ2) is 2.85. The van der Waals surface area contributed by atoms with Gasteiger partial charge in [0.25, 0.3) is 0 Å². The maximum absolute atomic E-state index is 6.79. The van der Waals surface area contributed by atoms with Crippen molar-refractivity contribution in [3.05, 3.63) is 39.7 Å². The zero-order chi connectivity index (χ0) is 7.56. The van der Waals surface area contributed by atoms with Crippen molar-refractivity contribution < 1.29 is 0 Å². The van der Waals surface area contributed by atoms with Gasteiger partial charge in [-0.3, -0.25) is 0 Å². The Morgan fingerprint density at radius 3 is 2.70 bits per heavy atom. The minimum absolute atomic E-state index is 0.717. The lowest BCUT2D eigenvalue weighted by Crippen LogP contribution is -1.72. The van der Waals surface area contributed by atoms with Gasteiger partial charge in [0.1, 0.15) is 0 Å². The molecule has 0 bridgehead atoms. The van der Waals surface area contributed by atoms with Crippen LogP contribution in [0.2, 0.25) is 0 Å². The lowest BCUT2D eigenvalue weighted by atomic mass is 10.2. The Bertz CT molecular complexity index is 286. The molecule has 0 spiro atoms. The Labute approximate surface area is 68.6 Å². The van der Waals surface area contributed by atoms with E-state index >= 15 is 0 Å². The topological polar surface area (TPSA) is 4.36 Å². The largest absolute Gasteiger partial charge is 0.238 e. The van der Waals surface area contributed by atoms with Crippen LogP contribution < -0.4 is 0 Å². The molecular weight excluding hydrogens is 190 g/mol. The average Bonchev–Trinajstić information content (AvgIpc) is 1.95. The maximum Gasteiger partial charge on any atom is 0.191 e. The lowest BCUT2D eigenvalue weighted by molar-refractivity contribution is 1.45. The highest BCUT2D eigenvalue weighted by Gasteiger charge is 1.98. The van der Waals surface area contributed by atoms with E-state index in [4.69, 9.17) is 6.57 Å². The quantitative estimate of drug-likeness (QED) is 0.560. The fourth-order valence-electron chi connectivity index (χ4n) is 0.717. The van der Waals surface area contributed by atoms with E-state index in [1.165, 1.54) is 0 Å². The van der Waals surface area contributed by atoms with Crippen LogP contribution in [0, 0.1) is 13.5 Å². The average molecular weight is 196 g/mol. The van der Waals surface area contributed by atoms with Gasteiger partial charge < -0.3 is 0 Å². The number of hydrogen-bond acceptors (Lipinski definition) is 0. The van der Waals surface area contributed by atoms with Crippen LogP contribution in [0.25, 0.3) is 4.85 Å². The highest BCUT2D eigenvalue weighted by Crippen LogP contribution is 2.25. The van der Waals surface area contributed by atoms with Crippen LogP contribution in [0.3, 0.4) is 0 Å². The Kier molecular flexibility index (Phi) is 2.08. The van der Waals surface area contributed by atoms with E-state index in [1.807, 2.05) is 25.1 Å². The summed E-state index contributed by atoms with van der Waals surface area (Å²) in [5.74, 6) is 0. The molecule has 0 saturated carbocycles. The summed E-state index contributed by atoms with van der Waals surface area (Å²) in [5, 5.41) is 0. The Morgan fingerprint density at radius 2 is 2.20 bits per heavy atom. The van der Waals surface area contributed by atoms with Crippen LogP contribution in [-0.2, 0) is 0 Å². The summed E-state index contributed by atoms with van der Waals surface area (Å²) in [5.41, 5.74) is 1.73. The zero-order valence-electron chi connectivity index (χ0n) is 5.56. The summed E-state index contributed by atoms with van der Waals surface area (Å²) in [7, 11) is 0. The van der Waals surface area contributed by atoms with Crippen LogP contribution >= 0.6 is 15.9 Å². The summed E-state index contributed by atoms with van der Waals surface area (Å²) < 4.78 is 1.00. The van der Waals surface area contributed by atoms with E-state index in [2.05, 4.69) is 20.8 Å². The molecular formula is C8H6BrN. The second-order valence-electron chi connectivity index (χ2n) is 2.00. The number of halogens is 1. The maximum atomic E-state index is 6.79.